The van der Waals surface area contributed by atoms with Crippen molar-refractivity contribution in [1.82, 2.24) is 9.88 Å². The van der Waals surface area contributed by atoms with Gasteiger partial charge in [-0.25, -0.2) is 0 Å². The Balaban J connectivity index is 3.10. The Morgan fingerprint density at radius 1 is 1.30 bits per heavy atom. The highest BCUT2D eigenvalue weighted by Crippen LogP contribution is 2.24. The van der Waals surface area contributed by atoms with E-state index in [1.54, 1.807) is 23.4 Å². The minimum Gasteiger partial charge on any atom is -0.369 e. The molecular weight excluding hydrogens is 258 g/mol. The zero-order valence-electron chi connectivity index (χ0n) is 11.5. The molecule has 7 heteroatoms. The molecule has 0 saturated carbocycles. The Morgan fingerprint density at radius 3 is 2.30 bits per heavy atom. The average Bonchev–Trinajstić information content (AvgIpc) is 2.38. The van der Waals surface area contributed by atoms with E-state index < -0.39 is 11.8 Å². The van der Waals surface area contributed by atoms with Crippen molar-refractivity contribution in [2.45, 2.75) is 25.4 Å². The predicted octanol–water partition coefficient (Wildman–Crippen LogP) is -0.867. The monoisotopic (exact) mass is 279 g/mol. The smallest absolute Gasteiger partial charge is 0.231 e. The van der Waals surface area contributed by atoms with Crippen LogP contribution < -0.4 is 17.2 Å². The second kappa shape index (κ2) is 7.56. The van der Waals surface area contributed by atoms with Crippen molar-refractivity contribution in [2.75, 3.05) is 13.1 Å². The van der Waals surface area contributed by atoms with Crippen LogP contribution in [0, 0.1) is 0 Å². The van der Waals surface area contributed by atoms with Gasteiger partial charge in [0, 0.05) is 18.4 Å². The fourth-order valence-electron chi connectivity index (χ4n) is 2.16. The lowest BCUT2D eigenvalue weighted by atomic mass is 9.97. The zero-order valence-corrected chi connectivity index (χ0v) is 11.5. The number of nitrogens with two attached hydrogens (primary N) is 3. The normalized spacial score (nSPS) is 13.9. The second-order valence-electron chi connectivity index (χ2n) is 4.64. The van der Waals surface area contributed by atoms with Crippen LogP contribution in [0.5, 0.6) is 0 Å². The Kier molecular flexibility index (Phi) is 6.08. The first kappa shape index (κ1) is 16.1. The molecule has 20 heavy (non-hydrogen) atoms. The van der Waals surface area contributed by atoms with Crippen molar-refractivity contribution in [3.8, 4) is 0 Å². The van der Waals surface area contributed by atoms with Crippen LogP contribution in [0.25, 0.3) is 0 Å². The van der Waals surface area contributed by atoms with Gasteiger partial charge in [0.05, 0.1) is 19.1 Å². The van der Waals surface area contributed by atoms with Crippen LogP contribution in [0.15, 0.2) is 24.5 Å². The van der Waals surface area contributed by atoms with E-state index in [0.29, 0.717) is 6.42 Å². The highest BCUT2D eigenvalue weighted by Gasteiger charge is 2.28. The summed E-state index contributed by atoms with van der Waals surface area (Å²) < 4.78 is 0. The van der Waals surface area contributed by atoms with Crippen molar-refractivity contribution in [1.29, 1.82) is 0 Å². The van der Waals surface area contributed by atoms with E-state index in [0.717, 1.165) is 5.56 Å². The van der Waals surface area contributed by atoms with Gasteiger partial charge in [0.2, 0.25) is 11.8 Å². The number of hydrogen-bond acceptors (Lipinski definition) is 5. The van der Waals surface area contributed by atoms with Crippen LogP contribution in [-0.2, 0) is 9.59 Å². The van der Waals surface area contributed by atoms with Gasteiger partial charge in [-0.15, -0.1) is 0 Å². The van der Waals surface area contributed by atoms with Crippen molar-refractivity contribution >= 4 is 11.8 Å². The molecule has 0 saturated heterocycles. The van der Waals surface area contributed by atoms with E-state index in [9.17, 15) is 9.59 Å². The number of primary amides is 2. The average molecular weight is 279 g/mol. The van der Waals surface area contributed by atoms with Crippen LogP contribution in [0.2, 0.25) is 0 Å². The summed E-state index contributed by atoms with van der Waals surface area (Å²) in [5.74, 6) is -1.08. The third-order valence-corrected chi connectivity index (χ3v) is 3.01. The summed E-state index contributed by atoms with van der Waals surface area (Å²) in [6, 6.07) is 3.02. The first-order valence-electron chi connectivity index (χ1n) is 6.41. The second-order valence-corrected chi connectivity index (χ2v) is 4.64. The van der Waals surface area contributed by atoms with Crippen molar-refractivity contribution in [3.05, 3.63) is 30.1 Å². The molecule has 0 radical (unpaired) electrons. The molecule has 0 spiro atoms. The van der Waals surface area contributed by atoms with Crippen LogP contribution in [0.1, 0.15) is 24.9 Å². The lowest BCUT2D eigenvalue weighted by molar-refractivity contribution is -0.123. The van der Waals surface area contributed by atoms with Crippen LogP contribution in [0.3, 0.4) is 0 Å². The maximum Gasteiger partial charge on any atom is 0.231 e. The number of amides is 2. The van der Waals surface area contributed by atoms with Gasteiger partial charge in [-0.2, -0.15) is 0 Å². The summed E-state index contributed by atoms with van der Waals surface area (Å²) in [6.07, 6.45) is 3.98. The van der Waals surface area contributed by atoms with Crippen LogP contribution in [-0.4, -0.2) is 40.8 Å². The molecule has 0 aliphatic carbocycles. The summed E-state index contributed by atoms with van der Waals surface area (Å²) in [7, 11) is 0. The summed E-state index contributed by atoms with van der Waals surface area (Å²) in [5.41, 5.74) is 17.4. The van der Waals surface area contributed by atoms with Gasteiger partial charge in [0.25, 0.3) is 0 Å². The highest BCUT2D eigenvalue weighted by molar-refractivity contribution is 5.79. The number of carbonyl (C=O) groups is 2. The van der Waals surface area contributed by atoms with E-state index in [-0.39, 0.29) is 25.2 Å². The zero-order chi connectivity index (χ0) is 15.1. The number of pyridine rings is 1. The topological polar surface area (TPSA) is 128 Å². The van der Waals surface area contributed by atoms with Crippen LogP contribution >= 0.6 is 0 Å². The number of nitrogens with zero attached hydrogens (tertiary/aromatic N) is 2. The molecule has 1 heterocycles. The van der Waals surface area contributed by atoms with Crippen LogP contribution in [0.4, 0.5) is 0 Å². The molecule has 0 aromatic carbocycles. The summed E-state index contributed by atoms with van der Waals surface area (Å²) in [5, 5.41) is 0. The minimum atomic E-state index is -0.538. The van der Waals surface area contributed by atoms with Gasteiger partial charge in [-0.05, 0) is 18.1 Å². The summed E-state index contributed by atoms with van der Waals surface area (Å²) in [4.78, 5) is 28.1. The molecule has 110 valence electrons. The molecule has 0 fully saturated rings. The molecule has 7 nitrogen and oxygen atoms in total. The molecule has 1 rings (SSSR count). The third kappa shape index (κ3) is 4.60. The first-order chi connectivity index (χ1) is 9.45. The molecule has 2 amide bonds. The van der Waals surface area contributed by atoms with Gasteiger partial charge in [0.1, 0.15) is 0 Å². The standard InChI is InChI=1S/C13H21N5O2/c1-2-10(14)13(9-4-3-5-17-6-9)18(7-11(15)19)8-12(16)20/h3-6,10,13H,2,7-8,14H2,1H3,(H2,15,19)(H2,16,20). The molecule has 1 aromatic heterocycles. The van der Waals surface area contributed by atoms with Gasteiger partial charge < -0.3 is 17.2 Å². The van der Waals surface area contributed by atoms with E-state index in [1.807, 2.05) is 13.0 Å². The fraction of sp³-hybridized carbons (Fsp3) is 0.462. The van der Waals surface area contributed by atoms with Crippen molar-refractivity contribution in [2.24, 2.45) is 17.2 Å². The molecule has 2 unspecified atom stereocenters. The fourth-order valence-corrected chi connectivity index (χ4v) is 2.16. The molecular formula is C13H21N5O2. The van der Waals surface area contributed by atoms with Gasteiger partial charge in [-0.3, -0.25) is 19.5 Å². The molecule has 0 aliphatic heterocycles. The molecule has 6 N–H and O–H groups in total. The summed E-state index contributed by atoms with van der Waals surface area (Å²) >= 11 is 0. The lowest BCUT2D eigenvalue weighted by Gasteiger charge is -2.33. The Morgan fingerprint density at radius 2 is 1.90 bits per heavy atom. The Labute approximate surface area is 118 Å². The van der Waals surface area contributed by atoms with Gasteiger partial charge in [-0.1, -0.05) is 13.0 Å². The molecule has 0 aliphatic rings. The number of aromatic nitrogens is 1. The van der Waals surface area contributed by atoms with Crippen molar-refractivity contribution in [3.63, 3.8) is 0 Å². The van der Waals surface area contributed by atoms with E-state index in [4.69, 9.17) is 17.2 Å². The minimum absolute atomic E-state index is 0.0871. The molecule has 2 atom stereocenters. The first-order valence-corrected chi connectivity index (χ1v) is 6.41. The van der Waals surface area contributed by atoms with E-state index in [2.05, 4.69) is 4.98 Å². The SMILES string of the molecule is CCC(N)C(c1cccnc1)N(CC(N)=O)CC(N)=O. The van der Waals surface area contributed by atoms with Gasteiger partial charge in [0.15, 0.2) is 0 Å². The Hall–Kier alpha value is -1.99. The quantitative estimate of drug-likeness (QED) is 0.570. The number of rotatable bonds is 8. The maximum atomic E-state index is 11.2. The lowest BCUT2D eigenvalue weighted by Crippen LogP contribution is -2.47. The van der Waals surface area contributed by atoms with Gasteiger partial charge >= 0.3 is 0 Å². The predicted molar refractivity (Wildman–Crippen MR) is 75.2 cm³/mol. The highest BCUT2D eigenvalue weighted by atomic mass is 16.2. The van der Waals surface area contributed by atoms with E-state index in [1.165, 1.54) is 0 Å². The van der Waals surface area contributed by atoms with E-state index >= 15 is 0 Å². The molecule has 1 aromatic rings. The Bertz CT molecular complexity index is 435. The van der Waals surface area contributed by atoms with Crippen molar-refractivity contribution < 1.29 is 9.59 Å². The molecule has 0 bridgehead atoms. The maximum absolute atomic E-state index is 11.2. The third-order valence-electron chi connectivity index (χ3n) is 3.01. The number of hydrogen-bond donors (Lipinski definition) is 3. The summed E-state index contributed by atoms with van der Waals surface area (Å²) in [6.45, 7) is 1.76. The largest absolute Gasteiger partial charge is 0.369 e. The number of carbonyl (C=O) groups excluding carboxylic acids is 2.